The zero-order chi connectivity index (χ0) is 14.9. The van der Waals surface area contributed by atoms with Crippen LogP contribution in [0.1, 0.15) is 18.7 Å². The summed E-state index contributed by atoms with van der Waals surface area (Å²) < 4.78 is 2.22. The Morgan fingerprint density at radius 2 is 1.86 bits per heavy atom. The Hall–Kier alpha value is -2.61. The van der Waals surface area contributed by atoms with Gasteiger partial charge in [-0.15, -0.1) is 0 Å². The van der Waals surface area contributed by atoms with Gasteiger partial charge in [0, 0.05) is 7.05 Å². The van der Waals surface area contributed by atoms with Crippen LogP contribution < -0.4 is 0 Å². The molecule has 0 radical (unpaired) electrons. The molecule has 108 valence electrons. The molecule has 0 bridgehead atoms. The lowest BCUT2D eigenvalue weighted by molar-refractivity contribution is 0.898. The van der Waals surface area contributed by atoms with Crippen LogP contribution in [0.4, 0.5) is 0 Å². The predicted octanol–water partition coefficient (Wildman–Crippen LogP) is 4.97. The Bertz CT molecular complexity index is 883. The van der Waals surface area contributed by atoms with Crippen LogP contribution in [0.15, 0.2) is 66.8 Å². The van der Waals surface area contributed by atoms with E-state index in [2.05, 4.69) is 72.3 Å². The molecule has 0 saturated heterocycles. The van der Waals surface area contributed by atoms with Gasteiger partial charge in [0.05, 0.1) is 11.0 Å². The summed E-state index contributed by atoms with van der Waals surface area (Å²) in [6.07, 6.45) is 8.69. The second-order valence-corrected chi connectivity index (χ2v) is 5.72. The number of rotatable bonds is 2. The fourth-order valence-corrected chi connectivity index (χ4v) is 3.08. The molecule has 0 N–H and O–H groups in total. The number of nitrogens with zero attached hydrogens (tertiary/aromatic N) is 2. The fraction of sp³-hybridized carbons (Fsp3) is 0.150. The van der Waals surface area contributed by atoms with Crippen molar-refractivity contribution in [3.05, 3.63) is 72.6 Å². The summed E-state index contributed by atoms with van der Waals surface area (Å²) >= 11 is 0. The minimum Gasteiger partial charge on any atom is -0.327 e. The molecule has 3 aromatic rings. The summed E-state index contributed by atoms with van der Waals surface area (Å²) in [6.45, 7) is 0. The minimum absolute atomic E-state index is 1.06. The topological polar surface area (TPSA) is 17.8 Å². The fourth-order valence-electron chi connectivity index (χ4n) is 3.08. The second kappa shape index (κ2) is 5.30. The maximum atomic E-state index is 4.83. The normalized spacial score (nSPS) is 14.3. The van der Waals surface area contributed by atoms with Gasteiger partial charge in [0.25, 0.3) is 0 Å². The number of hydrogen-bond donors (Lipinski definition) is 0. The van der Waals surface area contributed by atoms with E-state index >= 15 is 0 Å². The van der Waals surface area contributed by atoms with Crippen LogP contribution in [0, 0.1) is 0 Å². The average Bonchev–Trinajstić information content (AvgIpc) is 2.93. The highest BCUT2D eigenvalue weighted by Gasteiger charge is 2.13. The van der Waals surface area contributed by atoms with E-state index in [1.807, 2.05) is 6.07 Å². The van der Waals surface area contributed by atoms with Gasteiger partial charge in [-0.25, -0.2) is 4.98 Å². The molecule has 0 fully saturated rings. The third-order valence-electron chi connectivity index (χ3n) is 4.29. The summed E-state index contributed by atoms with van der Waals surface area (Å²) in [5.41, 5.74) is 6.05. The molecular formula is C20H18N2. The van der Waals surface area contributed by atoms with Gasteiger partial charge in [0.2, 0.25) is 0 Å². The Labute approximate surface area is 130 Å². The summed E-state index contributed by atoms with van der Waals surface area (Å²) in [5, 5.41) is 0. The first kappa shape index (κ1) is 13.1. The van der Waals surface area contributed by atoms with E-state index in [4.69, 9.17) is 4.98 Å². The summed E-state index contributed by atoms with van der Waals surface area (Å²) in [4.78, 5) is 4.83. The number of imidazole rings is 1. The SMILES string of the molecule is Cn1c(C2=CC=CCC2)nc2ccc(-c3ccccc3)cc21. The molecule has 1 aliphatic rings. The van der Waals surface area contributed by atoms with E-state index in [1.165, 1.54) is 22.2 Å². The molecule has 0 aliphatic heterocycles. The summed E-state index contributed by atoms with van der Waals surface area (Å²) in [7, 11) is 2.11. The number of hydrogen-bond acceptors (Lipinski definition) is 1. The lowest BCUT2D eigenvalue weighted by atomic mass is 10.0. The number of aromatic nitrogens is 2. The first-order chi connectivity index (χ1) is 10.8. The van der Waals surface area contributed by atoms with Crippen molar-refractivity contribution in [2.75, 3.05) is 0 Å². The van der Waals surface area contributed by atoms with Crippen molar-refractivity contribution in [3.63, 3.8) is 0 Å². The average molecular weight is 286 g/mol. The lowest BCUT2D eigenvalue weighted by Crippen LogP contribution is -1.98. The Morgan fingerprint density at radius 1 is 1.00 bits per heavy atom. The van der Waals surface area contributed by atoms with Crippen molar-refractivity contribution in [1.29, 1.82) is 0 Å². The predicted molar refractivity (Wildman–Crippen MR) is 92.5 cm³/mol. The molecule has 0 amide bonds. The largest absolute Gasteiger partial charge is 0.327 e. The number of allylic oxidation sites excluding steroid dienone is 4. The molecule has 0 unspecified atom stereocenters. The molecular weight excluding hydrogens is 268 g/mol. The molecule has 0 spiro atoms. The summed E-state index contributed by atoms with van der Waals surface area (Å²) in [6, 6.07) is 17.0. The quantitative estimate of drug-likeness (QED) is 0.650. The first-order valence-corrected chi connectivity index (χ1v) is 7.71. The minimum atomic E-state index is 1.06. The van der Waals surface area contributed by atoms with Crippen molar-refractivity contribution in [2.24, 2.45) is 7.05 Å². The van der Waals surface area contributed by atoms with E-state index in [-0.39, 0.29) is 0 Å². The van der Waals surface area contributed by atoms with Gasteiger partial charge in [0.15, 0.2) is 0 Å². The molecule has 0 saturated carbocycles. The molecule has 0 atom stereocenters. The third kappa shape index (κ3) is 2.17. The van der Waals surface area contributed by atoms with E-state index in [9.17, 15) is 0 Å². The molecule has 4 rings (SSSR count). The Kier molecular flexibility index (Phi) is 3.15. The van der Waals surface area contributed by atoms with Crippen LogP contribution in [0.25, 0.3) is 27.7 Å². The second-order valence-electron chi connectivity index (χ2n) is 5.72. The van der Waals surface area contributed by atoms with Gasteiger partial charge >= 0.3 is 0 Å². The van der Waals surface area contributed by atoms with Gasteiger partial charge < -0.3 is 4.57 Å². The van der Waals surface area contributed by atoms with Gasteiger partial charge in [-0.1, -0.05) is 54.6 Å². The van der Waals surface area contributed by atoms with Crippen LogP contribution in [0.5, 0.6) is 0 Å². The molecule has 1 aliphatic carbocycles. The maximum absolute atomic E-state index is 4.83. The highest BCUT2D eigenvalue weighted by molar-refractivity contribution is 5.85. The van der Waals surface area contributed by atoms with Crippen molar-refractivity contribution in [1.82, 2.24) is 9.55 Å². The van der Waals surface area contributed by atoms with Gasteiger partial charge in [-0.05, 0) is 41.7 Å². The van der Waals surface area contributed by atoms with Crippen LogP contribution in [0.3, 0.4) is 0 Å². The smallest absolute Gasteiger partial charge is 0.136 e. The number of fused-ring (bicyclic) bond motifs is 1. The van der Waals surface area contributed by atoms with Gasteiger partial charge in [-0.3, -0.25) is 0 Å². The van der Waals surface area contributed by atoms with Gasteiger partial charge in [-0.2, -0.15) is 0 Å². The highest BCUT2D eigenvalue weighted by Crippen LogP contribution is 2.29. The van der Waals surface area contributed by atoms with E-state index in [0.717, 1.165) is 24.2 Å². The third-order valence-corrected chi connectivity index (χ3v) is 4.29. The molecule has 22 heavy (non-hydrogen) atoms. The number of aryl methyl sites for hydroxylation is 1. The number of benzene rings is 2. The van der Waals surface area contributed by atoms with Gasteiger partial charge in [0.1, 0.15) is 5.82 Å². The van der Waals surface area contributed by atoms with Crippen molar-refractivity contribution >= 4 is 16.6 Å². The summed E-state index contributed by atoms with van der Waals surface area (Å²) in [5.74, 6) is 1.09. The lowest BCUT2D eigenvalue weighted by Gasteiger charge is -2.09. The first-order valence-electron chi connectivity index (χ1n) is 7.71. The standard InChI is InChI=1S/C20H18N2/c1-22-19-14-17(15-8-4-2-5-9-15)12-13-18(19)21-20(22)16-10-6-3-7-11-16/h2-6,8-10,12-14H,7,11H2,1H3. The Morgan fingerprint density at radius 3 is 2.64 bits per heavy atom. The van der Waals surface area contributed by atoms with E-state index in [1.54, 1.807) is 0 Å². The van der Waals surface area contributed by atoms with Crippen LogP contribution >= 0.6 is 0 Å². The van der Waals surface area contributed by atoms with Crippen LogP contribution in [0.2, 0.25) is 0 Å². The van der Waals surface area contributed by atoms with E-state index in [0.29, 0.717) is 0 Å². The molecule has 1 aromatic heterocycles. The van der Waals surface area contributed by atoms with Crippen molar-refractivity contribution < 1.29 is 0 Å². The zero-order valence-corrected chi connectivity index (χ0v) is 12.7. The van der Waals surface area contributed by atoms with E-state index < -0.39 is 0 Å². The molecule has 2 aromatic carbocycles. The molecule has 2 heteroatoms. The van der Waals surface area contributed by atoms with Crippen LogP contribution in [-0.4, -0.2) is 9.55 Å². The van der Waals surface area contributed by atoms with Crippen LogP contribution in [-0.2, 0) is 7.05 Å². The highest BCUT2D eigenvalue weighted by atomic mass is 15.1. The Balaban J connectivity index is 1.85. The molecule has 2 nitrogen and oxygen atoms in total. The zero-order valence-electron chi connectivity index (χ0n) is 12.7. The van der Waals surface area contributed by atoms with Crippen molar-refractivity contribution in [3.8, 4) is 11.1 Å². The maximum Gasteiger partial charge on any atom is 0.136 e. The van der Waals surface area contributed by atoms with Crippen molar-refractivity contribution in [2.45, 2.75) is 12.8 Å². The monoisotopic (exact) mass is 286 g/mol. The molecule has 1 heterocycles.